The quantitative estimate of drug-likeness (QED) is 0.672. The second-order valence-corrected chi connectivity index (χ2v) is 6.87. The van der Waals surface area contributed by atoms with Crippen LogP contribution in [0.3, 0.4) is 0 Å². The lowest BCUT2D eigenvalue weighted by molar-refractivity contribution is 0.140. The minimum absolute atomic E-state index is 0.688. The van der Waals surface area contributed by atoms with Crippen LogP contribution in [0.5, 0.6) is 0 Å². The number of nitrogens with one attached hydrogen (secondary N) is 1. The van der Waals surface area contributed by atoms with Crippen LogP contribution < -0.4 is 5.32 Å². The molecule has 0 aromatic carbocycles. The van der Waals surface area contributed by atoms with Crippen molar-refractivity contribution in [2.24, 2.45) is 5.92 Å². The second-order valence-electron chi connectivity index (χ2n) is 5.07. The summed E-state index contributed by atoms with van der Waals surface area (Å²) in [5.41, 5.74) is 0. The van der Waals surface area contributed by atoms with Gasteiger partial charge in [0.15, 0.2) is 0 Å². The van der Waals surface area contributed by atoms with Gasteiger partial charge < -0.3 is 10.1 Å². The molecule has 1 rings (SSSR count). The zero-order valence-corrected chi connectivity index (χ0v) is 13.7. The normalized spacial score (nSPS) is 11.7. The van der Waals surface area contributed by atoms with E-state index in [2.05, 4.69) is 30.1 Å². The van der Waals surface area contributed by atoms with Crippen molar-refractivity contribution in [3.05, 3.63) is 21.3 Å². The fourth-order valence-electron chi connectivity index (χ4n) is 1.93. The molecule has 0 fully saturated rings. The Morgan fingerprint density at radius 2 is 2.16 bits per heavy atom. The Hall–Kier alpha value is -0.130. The Morgan fingerprint density at radius 1 is 1.37 bits per heavy atom. The fraction of sp³-hybridized carbons (Fsp3) is 0.714. The van der Waals surface area contributed by atoms with E-state index in [4.69, 9.17) is 16.3 Å². The number of hydrogen-bond donors (Lipinski definition) is 1. The SMILES string of the molecule is COCCN(CCNCc1ccc(Cl)s1)CC(C)C. The minimum Gasteiger partial charge on any atom is -0.383 e. The number of hydrogen-bond acceptors (Lipinski definition) is 4. The summed E-state index contributed by atoms with van der Waals surface area (Å²) in [6.45, 7) is 10.4. The fourth-order valence-corrected chi connectivity index (χ4v) is 2.98. The molecule has 0 atom stereocenters. The van der Waals surface area contributed by atoms with E-state index >= 15 is 0 Å². The molecule has 0 unspecified atom stereocenters. The van der Waals surface area contributed by atoms with Gasteiger partial charge in [-0.3, -0.25) is 4.90 Å². The summed E-state index contributed by atoms with van der Waals surface area (Å²) >= 11 is 7.55. The molecule has 0 saturated heterocycles. The molecule has 0 amide bonds. The molecule has 0 radical (unpaired) electrons. The Balaban J connectivity index is 2.19. The molecule has 0 aliphatic carbocycles. The van der Waals surface area contributed by atoms with Gasteiger partial charge >= 0.3 is 0 Å². The van der Waals surface area contributed by atoms with Crippen LogP contribution in [-0.4, -0.2) is 44.8 Å². The van der Waals surface area contributed by atoms with Crippen LogP contribution in [0.2, 0.25) is 4.34 Å². The highest BCUT2D eigenvalue weighted by atomic mass is 35.5. The molecule has 5 heteroatoms. The molecular formula is C14H25ClN2OS. The lowest BCUT2D eigenvalue weighted by atomic mass is 10.2. The Bertz CT molecular complexity index is 344. The number of halogens is 1. The minimum atomic E-state index is 0.688. The average molecular weight is 305 g/mol. The van der Waals surface area contributed by atoms with Crippen molar-refractivity contribution in [2.45, 2.75) is 20.4 Å². The van der Waals surface area contributed by atoms with Crippen LogP contribution in [0.25, 0.3) is 0 Å². The maximum Gasteiger partial charge on any atom is 0.0931 e. The topological polar surface area (TPSA) is 24.5 Å². The van der Waals surface area contributed by atoms with Gasteiger partial charge in [-0.25, -0.2) is 0 Å². The van der Waals surface area contributed by atoms with Crippen molar-refractivity contribution < 1.29 is 4.74 Å². The average Bonchev–Trinajstić information content (AvgIpc) is 2.76. The number of methoxy groups -OCH3 is 1. The molecule has 0 aliphatic rings. The third-order valence-electron chi connectivity index (χ3n) is 2.77. The highest BCUT2D eigenvalue weighted by Gasteiger charge is 2.06. The maximum absolute atomic E-state index is 5.91. The predicted octanol–water partition coefficient (Wildman–Crippen LogP) is 3.10. The first-order chi connectivity index (χ1) is 9.11. The van der Waals surface area contributed by atoms with E-state index < -0.39 is 0 Å². The molecule has 110 valence electrons. The standard InChI is InChI=1S/C14H25ClN2OS/c1-12(2)11-17(8-9-18-3)7-6-16-10-13-4-5-14(15)19-13/h4-5,12,16H,6-11H2,1-3H3. The molecule has 1 heterocycles. The van der Waals surface area contributed by atoms with Crippen molar-refractivity contribution in [3.8, 4) is 0 Å². The number of thiophene rings is 1. The highest BCUT2D eigenvalue weighted by Crippen LogP contribution is 2.20. The first-order valence-electron chi connectivity index (χ1n) is 6.78. The van der Waals surface area contributed by atoms with E-state index in [1.807, 2.05) is 6.07 Å². The molecule has 1 aromatic heterocycles. The van der Waals surface area contributed by atoms with Crippen LogP contribution in [0, 0.1) is 5.92 Å². The number of rotatable bonds is 10. The van der Waals surface area contributed by atoms with Crippen LogP contribution in [0.4, 0.5) is 0 Å². The van der Waals surface area contributed by atoms with E-state index in [0.29, 0.717) is 5.92 Å². The van der Waals surface area contributed by atoms with Gasteiger partial charge in [-0.15, -0.1) is 11.3 Å². The number of ether oxygens (including phenoxy) is 1. The van der Waals surface area contributed by atoms with Gasteiger partial charge in [0.2, 0.25) is 0 Å². The monoisotopic (exact) mass is 304 g/mol. The van der Waals surface area contributed by atoms with Crippen molar-refractivity contribution >= 4 is 22.9 Å². The van der Waals surface area contributed by atoms with E-state index in [1.54, 1.807) is 18.4 Å². The zero-order valence-electron chi connectivity index (χ0n) is 12.1. The van der Waals surface area contributed by atoms with Gasteiger partial charge in [0.05, 0.1) is 10.9 Å². The summed E-state index contributed by atoms with van der Waals surface area (Å²) in [6, 6.07) is 4.03. The van der Waals surface area contributed by atoms with Crippen molar-refractivity contribution in [1.29, 1.82) is 0 Å². The molecule has 3 nitrogen and oxygen atoms in total. The van der Waals surface area contributed by atoms with Crippen molar-refractivity contribution in [1.82, 2.24) is 10.2 Å². The van der Waals surface area contributed by atoms with Crippen LogP contribution in [0.15, 0.2) is 12.1 Å². The van der Waals surface area contributed by atoms with Crippen LogP contribution in [0.1, 0.15) is 18.7 Å². The third kappa shape index (κ3) is 7.90. The summed E-state index contributed by atoms with van der Waals surface area (Å²) in [4.78, 5) is 3.74. The van der Waals surface area contributed by atoms with Gasteiger partial charge in [0.1, 0.15) is 0 Å². The molecule has 0 bridgehead atoms. The second kappa shape index (κ2) is 9.72. The lowest BCUT2D eigenvalue weighted by Gasteiger charge is -2.24. The molecule has 1 N–H and O–H groups in total. The van der Waals surface area contributed by atoms with Gasteiger partial charge in [-0.2, -0.15) is 0 Å². The predicted molar refractivity (Wildman–Crippen MR) is 84.2 cm³/mol. The van der Waals surface area contributed by atoms with E-state index in [1.165, 1.54) is 4.88 Å². The maximum atomic E-state index is 5.91. The Labute approximate surface area is 125 Å². The highest BCUT2D eigenvalue weighted by molar-refractivity contribution is 7.16. The van der Waals surface area contributed by atoms with E-state index in [-0.39, 0.29) is 0 Å². The van der Waals surface area contributed by atoms with Crippen molar-refractivity contribution in [3.63, 3.8) is 0 Å². The molecule has 0 saturated carbocycles. The molecule has 1 aromatic rings. The zero-order chi connectivity index (χ0) is 14.1. The first kappa shape index (κ1) is 16.9. The lowest BCUT2D eigenvalue weighted by Crippen LogP contribution is -2.36. The molecule has 19 heavy (non-hydrogen) atoms. The Kier molecular flexibility index (Phi) is 8.66. The summed E-state index contributed by atoms with van der Waals surface area (Å²) in [5.74, 6) is 0.688. The summed E-state index contributed by atoms with van der Waals surface area (Å²) in [7, 11) is 1.76. The number of nitrogens with zero attached hydrogens (tertiary/aromatic N) is 1. The summed E-state index contributed by atoms with van der Waals surface area (Å²) in [5, 5.41) is 3.46. The van der Waals surface area contributed by atoms with Crippen molar-refractivity contribution in [2.75, 3.05) is 39.9 Å². The molecular weight excluding hydrogens is 280 g/mol. The van der Waals surface area contributed by atoms with Gasteiger partial charge in [-0.05, 0) is 18.1 Å². The molecule has 0 aliphatic heterocycles. The van der Waals surface area contributed by atoms with E-state index in [9.17, 15) is 0 Å². The van der Waals surface area contributed by atoms with Gasteiger partial charge in [-0.1, -0.05) is 25.4 Å². The largest absolute Gasteiger partial charge is 0.383 e. The Morgan fingerprint density at radius 3 is 2.74 bits per heavy atom. The third-order valence-corrected chi connectivity index (χ3v) is 4.00. The summed E-state index contributed by atoms with van der Waals surface area (Å²) in [6.07, 6.45) is 0. The summed E-state index contributed by atoms with van der Waals surface area (Å²) < 4.78 is 6.02. The van der Waals surface area contributed by atoms with E-state index in [0.717, 1.165) is 43.7 Å². The van der Waals surface area contributed by atoms with Crippen LogP contribution in [-0.2, 0) is 11.3 Å². The van der Waals surface area contributed by atoms with Gasteiger partial charge in [0, 0.05) is 44.7 Å². The first-order valence-corrected chi connectivity index (χ1v) is 7.97. The smallest absolute Gasteiger partial charge is 0.0931 e. The van der Waals surface area contributed by atoms with Crippen LogP contribution >= 0.6 is 22.9 Å². The van der Waals surface area contributed by atoms with Gasteiger partial charge in [0.25, 0.3) is 0 Å². The molecule has 0 spiro atoms.